The molecule has 0 saturated heterocycles. The summed E-state index contributed by atoms with van der Waals surface area (Å²) in [5.74, 6) is 0.492. The highest BCUT2D eigenvalue weighted by Crippen LogP contribution is 2.53. The van der Waals surface area contributed by atoms with Gasteiger partial charge in [-0.3, -0.25) is 0 Å². The molecule has 0 N–H and O–H groups in total. The molecule has 0 aromatic rings. The monoisotopic (exact) mass is 206 g/mol. The summed E-state index contributed by atoms with van der Waals surface area (Å²) in [4.78, 5) is 11.6. The van der Waals surface area contributed by atoms with Crippen molar-refractivity contribution in [2.24, 2.45) is 5.92 Å². The molecule has 0 radical (unpaired) electrons. The molecule has 2 nitrogen and oxygen atoms in total. The standard InChI is InChI=1S/C13H18O2/c1-4-11-7-10-5-6-13(11,8-10)15-12(14)9(2)3/h4,10H,2,5-8H2,1,3H3. The van der Waals surface area contributed by atoms with Gasteiger partial charge in [0.05, 0.1) is 0 Å². The van der Waals surface area contributed by atoms with Crippen LogP contribution in [0.5, 0.6) is 0 Å². The quantitative estimate of drug-likeness (QED) is 0.394. The Balaban J connectivity index is 2.18. The first kappa shape index (κ1) is 10.5. The zero-order valence-corrected chi connectivity index (χ0v) is 9.51. The molecular formula is C13H18O2. The molecule has 2 heteroatoms. The number of carbonyl (C=O) groups excluding carboxylic acids is 1. The van der Waals surface area contributed by atoms with Crippen LogP contribution in [0.1, 0.15) is 39.5 Å². The van der Waals surface area contributed by atoms with Gasteiger partial charge in [-0.2, -0.15) is 0 Å². The van der Waals surface area contributed by atoms with Crippen LogP contribution in [-0.4, -0.2) is 11.6 Å². The van der Waals surface area contributed by atoms with E-state index in [0.717, 1.165) is 25.2 Å². The lowest BCUT2D eigenvalue weighted by molar-refractivity contribution is -0.150. The van der Waals surface area contributed by atoms with E-state index >= 15 is 0 Å². The van der Waals surface area contributed by atoms with Gasteiger partial charge in [0, 0.05) is 5.57 Å². The molecule has 2 unspecified atom stereocenters. The van der Waals surface area contributed by atoms with Crippen molar-refractivity contribution in [3.63, 3.8) is 0 Å². The lowest BCUT2D eigenvalue weighted by Gasteiger charge is -2.29. The van der Waals surface area contributed by atoms with Gasteiger partial charge < -0.3 is 4.74 Å². The maximum atomic E-state index is 11.6. The molecule has 2 saturated carbocycles. The van der Waals surface area contributed by atoms with E-state index in [2.05, 4.69) is 12.7 Å². The van der Waals surface area contributed by atoms with Crippen LogP contribution in [0.2, 0.25) is 0 Å². The molecule has 0 aliphatic heterocycles. The molecule has 2 aliphatic rings. The smallest absolute Gasteiger partial charge is 0.333 e. The van der Waals surface area contributed by atoms with E-state index in [-0.39, 0.29) is 11.6 Å². The number of ether oxygens (including phenoxy) is 1. The first-order chi connectivity index (χ1) is 7.07. The fraction of sp³-hybridized carbons (Fsp3) is 0.615. The van der Waals surface area contributed by atoms with Crippen LogP contribution >= 0.6 is 0 Å². The second-order valence-corrected chi connectivity index (χ2v) is 4.79. The molecule has 2 aliphatic carbocycles. The van der Waals surface area contributed by atoms with Crippen molar-refractivity contribution in [3.05, 3.63) is 23.8 Å². The summed E-state index contributed by atoms with van der Waals surface area (Å²) in [6, 6.07) is 0. The van der Waals surface area contributed by atoms with Crippen molar-refractivity contribution < 1.29 is 9.53 Å². The van der Waals surface area contributed by atoms with Gasteiger partial charge in [0.1, 0.15) is 5.60 Å². The second kappa shape index (κ2) is 3.51. The summed E-state index contributed by atoms with van der Waals surface area (Å²) >= 11 is 0. The minimum atomic E-state index is -0.268. The normalized spacial score (nSPS) is 35.9. The molecule has 0 heterocycles. The molecule has 2 fully saturated rings. The zero-order valence-electron chi connectivity index (χ0n) is 9.51. The number of hydrogen-bond acceptors (Lipinski definition) is 2. The Morgan fingerprint density at radius 3 is 2.93 bits per heavy atom. The van der Waals surface area contributed by atoms with Gasteiger partial charge in [-0.15, -0.1) is 0 Å². The number of carbonyl (C=O) groups is 1. The lowest BCUT2D eigenvalue weighted by atomic mass is 9.90. The highest BCUT2D eigenvalue weighted by molar-refractivity contribution is 5.87. The Bertz CT molecular complexity index is 340. The molecular weight excluding hydrogens is 188 g/mol. The molecule has 82 valence electrons. The first-order valence-corrected chi connectivity index (χ1v) is 5.62. The van der Waals surface area contributed by atoms with Gasteiger partial charge in [0.2, 0.25) is 0 Å². The molecule has 0 spiro atoms. The minimum absolute atomic E-state index is 0.239. The Morgan fingerprint density at radius 2 is 2.40 bits per heavy atom. The largest absolute Gasteiger partial charge is 0.451 e. The first-order valence-electron chi connectivity index (χ1n) is 5.62. The summed E-state index contributed by atoms with van der Waals surface area (Å²) in [5, 5.41) is 0. The van der Waals surface area contributed by atoms with Crippen molar-refractivity contribution in [1.82, 2.24) is 0 Å². The molecule has 15 heavy (non-hydrogen) atoms. The van der Waals surface area contributed by atoms with Gasteiger partial charge in [-0.1, -0.05) is 12.7 Å². The highest BCUT2D eigenvalue weighted by Gasteiger charge is 2.51. The Morgan fingerprint density at radius 1 is 1.67 bits per heavy atom. The Labute approximate surface area is 91.0 Å². The number of fused-ring (bicyclic) bond motifs is 2. The third kappa shape index (κ3) is 1.62. The zero-order chi connectivity index (χ0) is 11.1. The second-order valence-electron chi connectivity index (χ2n) is 4.79. The number of hydrogen-bond donors (Lipinski definition) is 0. The number of esters is 1. The van der Waals surface area contributed by atoms with Crippen molar-refractivity contribution in [2.45, 2.75) is 45.1 Å². The number of rotatable bonds is 2. The van der Waals surface area contributed by atoms with Gasteiger partial charge in [0.25, 0.3) is 0 Å². The minimum Gasteiger partial charge on any atom is -0.451 e. The van der Waals surface area contributed by atoms with Gasteiger partial charge >= 0.3 is 5.97 Å². The molecule has 0 aromatic heterocycles. The van der Waals surface area contributed by atoms with E-state index in [0.29, 0.717) is 5.57 Å². The topological polar surface area (TPSA) is 26.3 Å². The van der Waals surface area contributed by atoms with Crippen LogP contribution in [-0.2, 0) is 9.53 Å². The maximum absolute atomic E-state index is 11.6. The van der Waals surface area contributed by atoms with Crippen molar-refractivity contribution in [1.29, 1.82) is 0 Å². The van der Waals surface area contributed by atoms with E-state index in [4.69, 9.17) is 4.74 Å². The van der Waals surface area contributed by atoms with Gasteiger partial charge in [-0.05, 0) is 51.0 Å². The summed E-state index contributed by atoms with van der Waals surface area (Å²) < 4.78 is 5.65. The lowest BCUT2D eigenvalue weighted by Crippen LogP contribution is -2.32. The third-order valence-electron chi connectivity index (χ3n) is 3.65. The van der Waals surface area contributed by atoms with Gasteiger partial charge in [-0.25, -0.2) is 4.79 Å². The molecule has 0 aromatic carbocycles. The summed E-state index contributed by atoms with van der Waals surface area (Å²) in [6.45, 7) is 7.37. The predicted octanol–water partition coefficient (Wildman–Crippen LogP) is 2.99. The number of allylic oxidation sites excluding steroid dienone is 1. The third-order valence-corrected chi connectivity index (χ3v) is 3.65. The van der Waals surface area contributed by atoms with Crippen LogP contribution in [0.25, 0.3) is 0 Å². The van der Waals surface area contributed by atoms with Crippen LogP contribution in [0.4, 0.5) is 0 Å². The summed E-state index contributed by atoms with van der Waals surface area (Å²) in [5.41, 5.74) is 1.54. The average molecular weight is 206 g/mol. The van der Waals surface area contributed by atoms with Crippen molar-refractivity contribution >= 4 is 5.97 Å². The van der Waals surface area contributed by atoms with Crippen molar-refractivity contribution in [3.8, 4) is 0 Å². The van der Waals surface area contributed by atoms with Crippen molar-refractivity contribution in [2.75, 3.05) is 0 Å². The summed E-state index contributed by atoms with van der Waals surface area (Å²) in [6.07, 6.45) is 6.44. The average Bonchev–Trinajstić information content (AvgIpc) is 2.73. The highest BCUT2D eigenvalue weighted by atomic mass is 16.6. The van der Waals surface area contributed by atoms with Gasteiger partial charge in [0.15, 0.2) is 0 Å². The fourth-order valence-corrected chi connectivity index (χ4v) is 2.87. The Hall–Kier alpha value is -1.05. The SMILES string of the molecule is C=C(C)C(=O)OC12CCC(CC1=CC)C2. The van der Waals surface area contributed by atoms with E-state index < -0.39 is 0 Å². The Kier molecular flexibility index (Phi) is 2.45. The van der Waals surface area contributed by atoms with Crippen LogP contribution in [0.15, 0.2) is 23.8 Å². The molecule has 0 amide bonds. The van der Waals surface area contributed by atoms with Crippen LogP contribution in [0, 0.1) is 5.92 Å². The van der Waals surface area contributed by atoms with E-state index in [1.54, 1.807) is 6.92 Å². The molecule has 2 bridgehead atoms. The van der Waals surface area contributed by atoms with E-state index in [1.165, 1.54) is 12.0 Å². The van der Waals surface area contributed by atoms with E-state index in [1.807, 2.05) is 6.92 Å². The molecule has 2 atom stereocenters. The van der Waals surface area contributed by atoms with Crippen LogP contribution < -0.4 is 0 Å². The summed E-state index contributed by atoms with van der Waals surface area (Å²) in [7, 11) is 0. The molecule has 2 rings (SSSR count). The van der Waals surface area contributed by atoms with E-state index in [9.17, 15) is 4.79 Å². The van der Waals surface area contributed by atoms with Crippen LogP contribution in [0.3, 0.4) is 0 Å². The fourth-order valence-electron chi connectivity index (χ4n) is 2.87. The predicted molar refractivity (Wildman–Crippen MR) is 59.4 cm³/mol. The maximum Gasteiger partial charge on any atom is 0.333 e.